The van der Waals surface area contributed by atoms with E-state index in [0.717, 1.165) is 12.3 Å². The minimum atomic E-state index is 0.653. The van der Waals surface area contributed by atoms with Crippen molar-refractivity contribution in [1.29, 1.82) is 0 Å². The third-order valence-corrected chi connectivity index (χ3v) is 4.12. The fraction of sp³-hybridized carbons (Fsp3) is 0.727. The number of thiazole rings is 1. The fourth-order valence-corrected chi connectivity index (χ4v) is 2.81. The topological polar surface area (TPSA) is 24.9 Å². The SMILES string of the molecule is CNC(Cc1nc(C)c(C)s1)C1CC1. The molecule has 78 valence electrons. The van der Waals surface area contributed by atoms with Gasteiger partial charge in [0.05, 0.1) is 10.7 Å². The molecule has 14 heavy (non-hydrogen) atoms. The van der Waals surface area contributed by atoms with Crippen molar-refractivity contribution in [3.8, 4) is 0 Å². The van der Waals surface area contributed by atoms with E-state index in [4.69, 9.17) is 0 Å². The van der Waals surface area contributed by atoms with Crippen molar-refractivity contribution >= 4 is 11.3 Å². The molecule has 0 radical (unpaired) electrons. The number of nitrogens with one attached hydrogen (secondary N) is 1. The van der Waals surface area contributed by atoms with Gasteiger partial charge in [0.15, 0.2) is 0 Å². The average molecular weight is 210 g/mol. The Balaban J connectivity index is 2.01. The molecular weight excluding hydrogens is 192 g/mol. The standard InChI is InChI=1S/C11H18N2S/c1-7-8(2)14-11(13-7)6-10(12-3)9-4-5-9/h9-10,12H,4-6H2,1-3H3. The number of nitrogens with zero attached hydrogens (tertiary/aromatic N) is 1. The van der Waals surface area contributed by atoms with Crippen molar-refractivity contribution in [2.45, 2.75) is 39.2 Å². The minimum absolute atomic E-state index is 0.653. The minimum Gasteiger partial charge on any atom is -0.316 e. The number of rotatable bonds is 4. The van der Waals surface area contributed by atoms with Crippen LogP contribution in [-0.2, 0) is 6.42 Å². The highest BCUT2D eigenvalue weighted by atomic mass is 32.1. The van der Waals surface area contributed by atoms with Crippen LogP contribution >= 0.6 is 11.3 Å². The maximum absolute atomic E-state index is 4.59. The van der Waals surface area contributed by atoms with E-state index >= 15 is 0 Å². The zero-order valence-corrected chi connectivity index (χ0v) is 9.95. The number of hydrogen-bond acceptors (Lipinski definition) is 3. The highest BCUT2D eigenvalue weighted by Gasteiger charge is 2.30. The Bertz CT molecular complexity index is 296. The molecule has 1 aliphatic carbocycles. The highest BCUT2D eigenvalue weighted by molar-refractivity contribution is 7.11. The summed E-state index contributed by atoms with van der Waals surface area (Å²) in [6.07, 6.45) is 3.91. The Morgan fingerprint density at radius 3 is 2.64 bits per heavy atom. The summed E-state index contributed by atoms with van der Waals surface area (Å²) >= 11 is 1.85. The molecular formula is C11H18N2S. The molecule has 0 spiro atoms. The molecule has 3 heteroatoms. The molecule has 1 aliphatic rings. The first-order valence-electron chi connectivity index (χ1n) is 5.31. The molecule has 1 aromatic heterocycles. The van der Waals surface area contributed by atoms with Crippen LogP contribution in [0.2, 0.25) is 0 Å². The van der Waals surface area contributed by atoms with Crippen molar-refractivity contribution in [2.24, 2.45) is 5.92 Å². The quantitative estimate of drug-likeness (QED) is 0.825. The van der Waals surface area contributed by atoms with Gasteiger partial charge in [-0.25, -0.2) is 4.98 Å². The van der Waals surface area contributed by atoms with Crippen molar-refractivity contribution in [3.05, 3.63) is 15.6 Å². The molecule has 1 saturated carbocycles. The van der Waals surface area contributed by atoms with E-state index in [-0.39, 0.29) is 0 Å². The first-order valence-corrected chi connectivity index (χ1v) is 6.12. The summed E-state index contributed by atoms with van der Waals surface area (Å²) in [5.41, 5.74) is 1.20. The van der Waals surface area contributed by atoms with Crippen LogP contribution in [0.5, 0.6) is 0 Å². The predicted molar refractivity (Wildman–Crippen MR) is 60.9 cm³/mol. The molecule has 2 rings (SSSR count). The van der Waals surface area contributed by atoms with Gasteiger partial charge in [0, 0.05) is 17.3 Å². The van der Waals surface area contributed by atoms with Crippen LogP contribution in [0.25, 0.3) is 0 Å². The average Bonchev–Trinajstić information content (AvgIpc) is 2.92. The van der Waals surface area contributed by atoms with Crippen molar-refractivity contribution in [1.82, 2.24) is 10.3 Å². The lowest BCUT2D eigenvalue weighted by Gasteiger charge is -2.12. The van der Waals surface area contributed by atoms with Gasteiger partial charge < -0.3 is 5.32 Å². The monoisotopic (exact) mass is 210 g/mol. The highest BCUT2D eigenvalue weighted by Crippen LogP contribution is 2.34. The summed E-state index contributed by atoms with van der Waals surface area (Å²) < 4.78 is 0. The molecule has 1 fully saturated rings. The van der Waals surface area contributed by atoms with Gasteiger partial charge in [-0.2, -0.15) is 0 Å². The van der Waals surface area contributed by atoms with Gasteiger partial charge in [-0.05, 0) is 39.7 Å². The van der Waals surface area contributed by atoms with Crippen molar-refractivity contribution < 1.29 is 0 Å². The normalized spacial score (nSPS) is 18.5. The number of aryl methyl sites for hydroxylation is 2. The van der Waals surface area contributed by atoms with Gasteiger partial charge >= 0.3 is 0 Å². The van der Waals surface area contributed by atoms with Gasteiger partial charge in [0.2, 0.25) is 0 Å². The third kappa shape index (κ3) is 2.15. The lowest BCUT2D eigenvalue weighted by atomic mass is 10.1. The van der Waals surface area contributed by atoms with Gasteiger partial charge in [0.1, 0.15) is 0 Å². The van der Waals surface area contributed by atoms with E-state index in [1.807, 2.05) is 11.3 Å². The van der Waals surface area contributed by atoms with Crippen LogP contribution in [0.4, 0.5) is 0 Å². The molecule has 0 saturated heterocycles. The van der Waals surface area contributed by atoms with Crippen LogP contribution in [0, 0.1) is 19.8 Å². The number of hydrogen-bond donors (Lipinski definition) is 1. The smallest absolute Gasteiger partial charge is 0.0946 e. The van der Waals surface area contributed by atoms with Crippen LogP contribution in [-0.4, -0.2) is 18.1 Å². The first kappa shape index (κ1) is 10.1. The zero-order valence-electron chi connectivity index (χ0n) is 9.13. The summed E-state index contributed by atoms with van der Waals surface area (Å²) in [6.45, 7) is 4.25. The predicted octanol–water partition coefficient (Wildman–Crippen LogP) is 2.30. The molecule has 2 nitrogen and oxygen atoms in total. The fourth-order valence-electron chi connectivity index (χ4n) is 1.82. The lowest BCUT2D eigenvalue weighted by Crippen LogP contribution is -2.29. The third-order valence-electron chi connectivity index (χ3n) is 3.03. The Morgan fingerprint density at radius 2 is 2.21 bits per heavy atom. The Hall–Kier alpha value is -0.410. The second kappa shape index (κ2) is 3.99. The van der Waals surface area contributed by atoms with Crippen LogP contribution in [0.15, 0.2) is 0 Å². The second-order valence-corrected chi connectivity index (χ2v) is 5.47. The summed E-state index contributed by atoms with van der Waals surface area (Å²) in [5.74, 6) is 0.907. The molecule has 0 aromatic carbocycles. The molecule has 1 aromatic rings. The van der Waals surface area contributed by atoms with Gasteiger partial charge in [-0.15, -0.1) is 11.3 Å². The summed E-state index contributed by atoms with van der Waals surface area (Å²) in [5, 5.41) is 4.71. The maximum Gasteiger partial charge on any atom is 0.0946 e. The molecule has 1 atom stereocenters. The van der Waals surface area contributed by atoms with Crippen LogP contribution in [0.1, 0.15) is 28.4 Å². The van der Waals surface area contributed by atoms with Gasteiger partial charge in [0.25, 0.3) is 0 Å². The summed E-state index contributed by atoms with van der Waals surface area (Å²) in [7, 11) is 2.07. The first-order chi connectivity index (χ1) is 6.70. The van der Waals surface area contributed by atoms with Crippen molar-refractivity contribution in [3.63, 3.8) is 0 Å². The van der Waals surface area contributed by atoms with Gasteiger partial charge in [-0.1, -0.05) is 0 Å². The Labute approximate surface area is 89.8 Å². The van der Waals surface area contributed by atoms with Crippen LogP contribution < -0.4 is 5.32 Å². The largest absolute Gasteiger partial charge is 0.316 e. The van der Waals surface area contributed by atoms with E-state index in [1.165, 1.54) is 28.4 Å². The Kier molecular flexibility index (Phi) is 2.88. The van der Waals surface area contributed by atoms with E-state index in [0.29, 0.717) is 6.04 Å². The molecule has 1 heterocycles. The molecule has 0 bridgehead atoms. The second-order valence-electron chi connectivity index (χ2n) is 4.19. The van der Waals surface area contributed by atoms with E-state index < -0.39 is 0 Å². The van der Waals surface area contributed by atoms with E-state index in [1.54, 1.807) is 0 Å². The molecule has 1 unspecified atom stereocenters. The molecule has 1 N–H and O–H groups in total. The molecule has 0 amide bonds. The lowest BCUT2D eigenvalue weighted by molar-refractivity contribution is 0.499. The van der Waals surface area contributed by atoms with E-state index in [2.05, 4.69) is 31.2 Å². The van der Waals surface area contributed by atoms with Crippen molar-refractivity contribution in [2.75, 3.05) is 7.05 Å². The maximum atomic E-state index is 4.59. The molecule has 0 aliphatic heterocycles. The van der Waals surface area contributed by atoms with E-state index in [9.17, 15) is 0 Å². The summed E-state index contributed by atoms with van der Waals surface area (Å²) in [4.78, 5) is 5.95. The Morgan fingerprint density at radius 1 is 1.50 bits per heavy atom. The van der Waals surface area contributed by atoms with Gasteiger partial charge in [-0.3, -0.25) is 0 Å². The number of aromatic nitrogens is 1. The van der Waals surface area contributed by atoms with Crippen LogP contribution in [0.3, 0.4) is 0 Å². The summed E-state index contributed by atoms with van der Waals surface area (Å²) in [6, 6.07) is 0.653. The number of likely N-dealkylation sites (N-methyl/N-ethyl adjacent to an activating group) is 1. The zero-order chi connectivity index (χ0) is 10.1.